The molecular formula is C9H10N4O2. The average molecular weight is 206 g/mol. The predicted octanol–water partition coefficient (Wildman–Crippen LogP) is 0.231. The predicted molar refractivity (Wildman–Crippen MR) is 52.3 cm³/mol. The van der Waals surface area contributed by atoms with Gasteiger partial charge in [0.15, 0.2) is 5.82 Å². The smallest absolute Gasteiger partial charge is 0.278 e. The van der Waals surface area contributed by atoms with Gasteiger partial charge in [0.1, 0.15) is 0 Å². The van der Waals surface area contributed by atoms with Gasteiger partial charge >= 0.3 is 6.03 Å². The second kappa shape index (κ2) is 3.64. The van der Waals surface area contributed by atoms with E-state index in [0.29, 0.717) is 18.8 Å². The van der Waals surface area contributed by atoms with Gasteiger partial charge in [-0.2, -0.15) is 0 Å². The summed E-state index contributed by atoms with van der Waals surface area (Å²) in [6, 6.07) is -0.440. The van der Waals surface area contributed by atoms with Crippen LogP contribution in [0.1, 0.15) is 12.1 Å². The second-order valence-electron chi connectivity index (χ2n) is 3.27. The van der Waals surface area contributed by atoms with Gasteiger partial charge < -0.3 is 0 Å². The molecule has 1 aromatic heterocycles. The van der Waals surface area contributed by atoms with Crippen molar-refractivity contribution in [2.45, 2.75) is 13.3 Å². The van der Waals surface area contributed by atoms with Gasteiger partial charge in [-0.15, -0.1) is 0 Å². The van der Waals surface area contributed by atoms with Gasteiger partial charge in [0.2, 0.25) is 5.91 Å². The second-order valence-corrected chi connectivity index (χ2v) is 3.27. The van der Waals surface area contributed by atoms with E-state index in [0.717, 1.165) is 5.69 Å². The number of amides is 3. The van der Waals surface area contributed by atoms with E-state index in [1.165, 1.54) is 11.1 Å². The van der Waals surface area contributed by atoms with Crippen molar-refractivity contribution in [3.63, 3.8) is 0 Å². The molecule has 1 aliphatic rings. The Hall–Kier alpha value is -1.98. The Morgan fingerprint density at radius 2 is 2.13 bits per heavy atom. The molecule has 2 heterocycles. The fourth-order valence-electron chi connectivity index (χ4n) is 1.31. The van der Waals surface area contributed by atoms with Crippen LogP contribution in [-0.2, 0) is 4.79 Å². The molecule has 78 valence electrons. The zero-order chi connectivity index (χ0) is 10.8. The molecule has 1 saturated heterocycles. The first-order valence-electron chi connectivity index (χ1n) is 4.57. The summed E-state index contributed by atoms with van der Waals surface area (Å²) in [4.78, 5) is 31.8. The molecule has 1 N–H and O–H groups in total. The molecular weight excluding hydrogens is 196 g/mol. The third-order valence-electron chi connectivity index (χ3n) is 2.10. The van der Waals surface area contributed by atoms with Crippen LogP contribution in [0.5, 0.6) is 0 Å². The van der Waals surface area contributed by atoms with Crippen LogP contribution in [0.2, 0.25) is 0 Å². The summed E-state index contributed by atoms with van der Waals surface area (Å²) in [6.07, 6.45) is 3.39. The summed E-state index contributed by atoms with van der Waals surface area (Å²) in [6.45, 7) is 2.17. The number of aryl methyl sites for hydroxylation is 1. The molecule has 0 bridgehead atoms. The lowest BCUT2D eigenvalue weighted by atomic mass is 10.3. The number of carbonyl (C=O) groups is 2. The lowest BCUT2D eigenvalue weighted by molar-refractivity contribution is -0.120. The first kappa shape index (κ1) is 9.57. The molecule has 0 unspecified atom stereocenters. The van der Waals surface area contributed by atoms with Crippen molar-refractivity contribution in [2.24, 2.45) is 0 Å². The molecule has 15 heavy (non-hydrogen) atoms. The molecule has 1 aromatic rings. The highest BCUT2D eigenvalue weighted by Crippen LogP contribution is 2.12. The zero-order valence-corrected chi connectivity index (χ0v) is 8.23. The van der Waals surface area contributed by atoms with Crippen molar-refractivity contribution in [3.8, 4) is 0 Å². The largest absolute Gasteiger partial charge is 0.329 e. The molecule has 1 aliphatic heterocycles. The highest BCUT2D eigenvalue weighted by molar-refractivity contribution is 6.05. The number of hydrogen-bond donors (Lipinski definition) is 1. The van der Waals surface area contributed by atoms with Crippen molar-refractivity contribution in [2.75, 3.05) is 11.4 Å². The standard InChI is InChI=1S/C9H10N4O2/c1-6-4-11-7(5-10-6)13-3-2-8(14)12-9(13)15/h4-5H,2-3H2,1H3,(H,12,14,15). The Labute approximate surface area is 86.3 Å². The van der Waals surface area contributed by atoms with E-state index in [4.69, 9.17) is 0 Å². The van der Waals surface area contributed by atoms with E-state index in [2.05, 4.69) is 15.3 Å². The Kier molecular flexibility index (Phi) is 2.32. The number of nitrogens with one attached hydrogen (secondary N) is 1. The van der Waals surface area contributed by atoms with E-state index in [9.17, 15) is 9.59 Å². The van der Waals surface area contributed by atoms with Crippen molar-refractivity contribution in [3.05, 3.63) is 18.1 Å². The monoisotopic (exact) mass is 206 g/mol. The maximum absolute atomic E-state index is 11.4. The van der Waals surface area contributed by atoms with E-state index in [1.54, 1.807) is 6.20 Å². The minimum atomic E-state index is -0.440. The van der Waals surface area contributed by atoms with Crippen molar-refractivity contribution in [1.29, 1.82) is 0 Å². The van der Waals surface area contributed by atoms with Crippen LogP contribution in [0.25, 0.3) is 0 Å². The number of imide groups is 1. The van der Waals surface area contributed by atoms with Crippen LogP contribution in [0.3, 0.4) is 0 Å². The third kappa shape index (κ3) is 1.93. The van der Waals surface area contributed by atoms with Gasteiger partial charge in [0.25, 0.3) is 0 Å². The van der Waals surface area contributed by atoms with Crippen LogP contribution in [0, 0.1) is 6.92 Å². The SMILES string of the molecule is Cc1cnc(N2CCC(=O)NC2=O)cn1. The fourth-order valence-corrected chi connectivity index (χ4v) is 1.31. The summed E-state index contributed by atoms with van der Waals surface area (Å²) in [5.41, 5.74) is 0.784. The van der Waals surface area contributed by atoms with E-state index >= 15 is 0 Å². The van der Waals surface area contributed by atoms with E-state index in [-0.39, 0.29) is 5.91 Å². The van der Waals surface area contributed by atoms with E-state index in [1.807, 2.05) is 6.92 Å². The minimum absolute atomic E-state index is 0.253. The number of carbonyl (C=O) groups excluding carboxylic acids is 2. The van der Waals surface area contributed by atoms with Crippen LogP contribution in [-0.4, -0.2) is 28.5 Å². The molecule has 3 amide bonds. The lowest BCUT2D eigenvalue weighted by Gasteiger charge is -2.25. The maximum atomic E-state index is 11.4. The Bertz CT molecular complexity index is 401. The van der Waals surface area contributed by atoms with Gasteiger partial charge in [-0.1, -0.05) is 0 Å². The summed E-state index contributed by atoms with van der Waals surface area (Å²) < 4.78 is 0. The molecule has 0 aliphatic carbocycles. The summed E-state index contributed by atoms with van der Waals surface area (Å²) in [7, 11) is 0. The highest BCUT2D eigenvalue weighted by Gasteiger charge is 2.24. The van der Waals surface area contributed by atoms with Crippen molar-refractivity contribution < 1.29 is 9.59 Å². The van der Waals surface area contributed by atoms with Gasteiger partial charge in [-0.05, 0) is 6.92 Å². The molecule has 0 aromatic carbocycles. The average Bonchev–Trinajstić information content (AvgIpc) is 2.20. The quantitative estimate of drug-likeness (QED) is 0.713. The van der Waals surface area contributed by atoms with Gasteiger partial charge in [0, 0.05) is 13.0 Å². The summed E-state index contributed by atoms with van der Waals surface area (Å²) in [5, 5.41) is 2.22. The zero-order valence-electron chi connectivity index (χ0n) is 8.23. The minimum Gasteiger partial charge on any atom is -0.278 e. The lowest BCUT2D eigenvalue weighted by Crippen LogP contribution is -2.49. The first-order valence-corrected chi connectivity index (χ1v) is 4.57. The topological polar surface area (TPSA) is 75.2 Å². The Balaban J connectivity index is 2.20. The molecule has 2 rings (SSSR count). The molecule has 6 heteroatoms. The Morgan fingerprint density at radius 1 is 1.33 bits per heavy atom. The van der Waals surface area contributed by atoms with Gasteiger partial charge in [-0.3, -0.25) is 20.0 Å². The molecule has 0 radical (unpaired) electrons. The van der Waals surface area contributed by atoms with Crippen LogP contribution in [0.15, 0.2) is 12.4 Å². The van der Waals surface area contributed by atoms with Crippen LogP contribution >= 0.6 is 0 Å². The number of aromatic nitrogens is 2. The molecule has 0 atom stereocenters. The van der Waals surface area contributed by atoms with E-state index < -0.39 is 6.03 Å². The highest BCUT2D eigenvalue weighted by atomic mass is 16.2. The van der Waals surface area contributed by atoms with Crippen molar-refractivity contribution >= 4 is 17.8 Å². The number of hydrogen-bond acceptors (Lipinski definition) is 4. The van der Waals surface area contributed by atoms with Crippen molar-refractivity contribution in [1.82, 2.24) is 15.3 Å². The molecule has 1 fully saturated rings. The van der Waals surface area contributed by atoms with Gasteiger partial charge in [0.05, 0.1) is 18.1 Å². The Morgan fingerprint density at radius 3 is 2.73 bits per heavy atom. The number of nitrogens with zero attached hydrogens (tertiary/aromatic N) is 3. The summed E-state index contributed by atoms with van der Waals surface area (Å²) in [5.74, 6) is 0.210. The van der Waals surface area contributed by atoms with Crippen LogP contribution < -0.4 is 10.2 Å². The number of anilines is 1. The molecule has 0 saturated carbocycles. The summed E-state index contributed by atoms with van der Waals surface area (Å²) >= 11 is 0. The first-order chi connectivity index (χ1) is 7.16. The number of rotatable bonds is 1. The maximum Gasteiger partial charge on any atom is 0.329 e. The van der Waals surface area contributed by atoms with Crippen LogP contribution in [0.4, 0.5) is 10.6 Å². The fraction of sp³-hybridized carbons (Fsp3) is 0.333. The van der Waals surface area contributed by atoms with Gasteiger partial charge in [-0.25, -0.2) is 9.78 Å². The normalized spacial score (nSPS) is 16.5. The number of urea groups is 1. The molecule has 0 spiro atoms. The third-order valence-corrected chi connectivity index (χ3v) is 2.10. The molecule has 6 nitrogen and oxygen atoms in total.